The first kappa shape index (κ1) is 19.2. The lowest BCUT2D eigenvalue weighted by molar-refractivity contribution is -0.146. The number of piperidine rings is 4. The second kappa shape index (κ2) is 7.38. The van der Waals surface area contributed by atoms with E-state index in [-0.39, 0.29) is 5.41 Å². The molecule has 152 valence electrons. The van der Waals surface area contributed by atoms with Crippen LogP contribution in [0.1, 0.15) is 65.7 Å². The molecule has 0 unspecified atom stereocenters. The predicted octanol–water partition coefficient (Wildman–Crippen LogP) is 2.75. The van der Waals surface area contributed by atoms with Gasteiger partial charge in [-0.05, 0) is 50.4 Å². The molecule has 27 heavy (non-hydrogen) atoms. The molecule has 3 atom stereocenters. The summed E-state index contributed by atoms with van der Waals surface area (Å²) >= 11 is 0. The Morgan fingerprint density at radius 3 is 2.56 bits per heavy atom. The van der Waals surface area contributed by atoms with Gasteiger partial charge < -0.3 is 9.80 Å². The summed E-state index contributed by atoms with van der Waals surface area (Å²) < 4.78 is 0. The van der Waals surface area contributed by atoms with Gasteiger partial charge in [-0.1, -0.05) is 20.8 Å². The molecule has 4 aliphatic heterocycles. The number of fused-ring (bicyclic) bond motifs is 4. The van der Waals surface area contributed by atoms with Gasteiger partial charge in [-0.25, -0.2) is 0 Å². The molecule has 0 aromatic rings. The Labute approximate surface area is 164 Å². The minimum absolute atomic E-state index is 0.230. The van der Waals surface area contributed by atoms with Gasteiger partial charge in [0.25, 0.3) is 0 Å². The molecular weight excluding hydrogens is 338 g/mol. The van der Waals surface area contributed by atoms with Gasteiger partial charge in [0.1, 0.15) is 0 Å². The molecule has 0 spiro atoms. The van der Waals surface area contributed by atoms with Crippen molar-refractivity contribution in [3.8, 4) is 0 Å². The third kappa shape index (κ3) is 3.64. The molecular formula is C22H37N3O2. The average molecular weight is 376 g/mol. The Balaban J connectivity index is 1.35. The van der Waals surface area contributed by atoms with E-state index in [1.807, 2.05) is 0 Å². The van der Waals surface area contributed by atoms with Crippen LogP contribution in [0.15, 0.2) is 0 Å². The average Bonchev–Trinajstić information content (AvgIpc) is 2.68. The van der Waals surface area contributed by atoms with Gasteiger partial charge in [-0.15, -0.1) is 0 Å². The SMILES string of the molecule is CCC(C)(C)C(=O)N1CCC(N2C[C@H]3C[C@H](C2)[C@H]2CCCC(=O)N2C3)CC1. The van der Waals surface area contributed by atoms with Crippen molar-refractivity contribution in [3.63, 3.8) is 0 Å². The first-order valence-corrected chi connectivity index (χ1v) is 11.2. The largest absolute Gasteiger partial charge is 0.342 e. The second-order valence-corrected chi connectivity index (χ2v) is 10.1. The lowest BCUT2D eigenvalue weighted by atomic mass is 9.75. The molecule has 4 rings (SSSR count). The maximum absolute atomic E-state index is 12.8. The van der Waals surface area contributed by atoms with Crippen molar-refractivity contribution >= 4 is 11.8 Å². The molecule has 5 nitrogen and oxygen atoms in total. The summed E-state index contributed by atoms with van der Waals surface area (Å²) in [4.78, 5) is 32.1. The summed E-state index contributed by atoms with van der Waals surface area (Å²) in [5.41, 5.74) is -0.230. The summed E-state index contributed by atoms with van der Waals surface area (Å²) in [5, 5.41) is 0. The van der Waals surface area contributed by atoms with Crippen LogP contribution in [0, 0.1) is 17.3 Å². The van der Waals surface area contributed by atoms with Gasteiger partial charge in [0.05, 0.1) is 0 Å². The number of carbonyl (C=O) groups is 2. The molecule has 4 fully saturated rings. The van der Waals surface area contributed by atoms with Crippen molar-refractivity contribution in [3.05, 3.63) is 0 Å². The molecule has 2 bridgehead atoms. The van der Waals surface area contributed by atoms with Gasteiger partial charge in [0.15, 0.2) is 0 Å². The quantitative estimate of drug-likeness (QED) is 0.762. The summed E-state index contributed by atoms with van der Waals surface area (Å²) in [7, 11) is 0. The van der Waals surface area contributed by atoms with Crippen LogP contribution >= 0.6 is 0 Å². The van der Waals surface area contributed by atoms with Crippen LogP contribution in [0.25, 0.3) is 0 Å². The van der Waals surface area contributed by atoms with E-state index in [1.165, 1.54) is 12.8 Å². The van der Waals surface area contributed by atoms with Crippen LogP contribution in [0.3, 0.4) is 0 Å². The van der Waals surface area contributed by atoms with Crippen molar-refractivity contribution in [2.75, 3.05) is 32.7 Å². The van der Waals surface area contributed by atoms with E-state index in [0.717, 1.165) is 64.8 Å². The van der Waals surface area contributed by atoms with E-state index in [1.54, 1.807) is 0 Å². The molecule has 4 aliphatic rings. The topological polar surface area (TPSA) is 43.9 Å². The number of carbonyl (C=O) groups excluding carboxylic acids is 2. The maximum atomic E-state index is 12.8. The standard InChI is InChI=1S/C22H37N3O2/c1-4-22(2,3)21(27)23-10-8-18(9-11-23)24-13-16-12-17(15-24)19-6-5-7-20(26)25(19)14-16/h16-19H,4-15H2,1-3H3/t16-,17-,19-/m1/s1. The molecule has 0 N–H and O–H groups in total. The molecule has 5 heteroatoms. The Morgan fingerprint density at radius 2 is 1.85 bits per heavy atom. The fraction of sp³-hybridized carbons (Fsp3) is 0.909. The van der Waals surface area contributed by atoms with E-state index >= 15 is 0 Å². The van der Waals surface area contributed by atoms with Crippen LogP contribution in [0.2, 0.25) is 0 Å². The van der Waals surface area contributed by atoms with Crippen molar-refractivity contribution in [1.82, 2.24) is 14.7 Å². The Morgan fingerprint density at radius 1 is 1.11 bits per heavy atom. The summed E-state index contributed by atoms with van der Waals surface area (Å²) in [5.74, 6) is 2.05. The Kier molecular flexibility index (Phi) is 5.26. The summed E-state index contributed by atoms with van der Waals surface area (Å²) in [6.07, 6.45) is 7.48. The van der Waals surface area contributed by atoms with Crippen LogP contribution < -0.4 is 0 Å². The number of likely N-dealkylation sites (tertiary alicyclic amines) is 2. The van der Waals surface area contributed by atoms with Crippen molar-refractivity contribution in [2.45, 2.75) is 77.8 Å². The van der Waals surface area contributed by atoms with Gasteiger partial charge in [0.2, 0.25) is 11.8 Å². The smallest absolute Gasteiger partial charge is 0.228 e. The lowest BCUT2D eigenvalue weighted by Gasteiger charge is -2.54. The molecule has 2 amide bonds. The first-order valence-electron chi connectivity index (χ1n) is 11.2. The lowest BCUT2D eigenvalue weighted by Crippen LogP contribution is -2.62. The van der Waals surface area contributed by atoms with Crippen molar-refractivity contribution in [2.24, 2.45) is 17.3 Å². The summed E-state index contributed by atoms with van der Waals surface area (Å²) in [6.45, 7) is 11.4. The van der Waals surface area contributed by atoms with E-state index in [0.29, 0.717) is 35.7 Å². The molecule has 0 aliphatic carbocycles. The molecule has 4 heterocycles. The van der Waals surface area contributed by atoms with Gasteiger partial charge in [-0.3, -0.25) is 14.5 Å². The highest BCUT2D eigenvalue weighted by atomic mass is 16.2. The zero-order valence-electron chi connectivity index (χ0n) is 17.5. The minimum atomic E-state index is -0.230. The zero-order valence-corrected chi connectivity index (χ0v) is 17.5. The molecule has 0 aromatic carbocycles. The zero-order chi connectivity index (χ0) is 19.2. The first-order chi connectivity index (χ1) is 12.9. The van der Waals surface area contributed by atoms with Crippen molar-refractivity contribution < 1.29 is 9.59 Å². The summed E-state index contributed by atoms with van der Waals surface area (Å²) in [6, 6.07) is 1.12. The number of nitrogens with zero attached hydrogens (tertiary/aromatic N) is 3. The number of rotatable bonds is 3. The van der Waals surface area contributed by atoms with Gasteiger partial charge in [-0.2, -0.15) is 0 Å². The molecule has 0 radical (unpaired) electrons. The Hall–Kier alpha value is -1.10. The van der Waals surface area contributed by atoms with Crippen LogP contribution in [0.5, 0.6) is 0 Å². The molecule has 0 saturated carbocycles. The van der Waals surface area contributed by atoms with Crippen LogP contribution in [-0.2, 0) is 9.59 Å². The van der Waals surface area contributed by atoms with E-state index in [4.69, 9.17) is 0 Å². The number of amides is 2. The van der Waals surface area contributed by atoms with Crippen LogP contribution in [0.4, 0.5) is 0 Å². The third-order valence-corrected chi connectivity index (χ3v) is 7.94. The van der Waals surface area contributed by atoms with Gasteiger partial charge >= 0.3 is 0 Å². The number of hydrogen-bond acceptors (Lipinski definition) is 3. The molecule has 4 saturated heterocycles. The fourth-order valence-electron chi connectivity index (χ4n) is 5.96. The van der Waals surface area contributed by atoms with Gasteiger partial charge in [0, 0.05) is 56.6 Å². The minimum Gasteiger partial charge on any atom is -0.342 e. The highest BCUT2D eigenvalue weighted by molar-refractivity contribution is 5.82. The van der Waals surface area contributed by atoms with E-state index in [2.05, 4.69) is 35.5 Å². The Bertz CT molecular complexity index is 582. The highest BCUT2D eigenvalue weighted by Gasteiger charge is 2.45. The maximum Gasteiger partial charge on any atom is 0.228 e. The van der Waals surface area contributed by atoms with Crippen molar-refractivity contribution in [1.29, 1.82) is 0 Å². The van der Waals surface area contributed by atoms with Crippen LogP contribution in [-0.4, -0.2) is 71.3 Å². The fourth-order valence-corrected chi connectivity index (χ4v) is 5.96. The monoisotopic (exact) mass is 375 g/mol. The predicted molar refractivity (Wildman–Crippen MR) is 106 cm³/mol. The van der Waals surface area contributed by atoms with E-state index < -0.39 is 0 Å². The highest BCUT2D eigenvalue weighted by Crippen LogP contribution is 2.39. The third-order valence-electron chi connectivity index (χ3n) is 7.94. The normalized spacial score (nSPS) is 33.1. The number of hydrogen-bond donors (Lipinski definition) is 0. The second-order valence-electron chi connectivity index (χ2n) is 10.1. The van der Waals surface area contributed by atoms with E-state index in [9.17, 15) is 9.59 Å². The molecule has 0 aromatic heterocycles.